The van der Waals surface area contributed by atoms with Gasteiger partial charge in [-0.2, -0.15) is 0 Å². The first kappa shape index (κ1) is 12.0. The lowest BCUT2D eigenvalue weighted by Gasteiger charge is -2.09. The lowest BCUT2D eigenvalue weighted by molar-refractivity contribution is -0.119. The zero-order valence-corrected chi connectivity index (χ0v) is 8.61. The highest BCUT2D eigenvalue weighted by Crippen LogP contribution is 2.20. The van der Waals surface area contributed by atoms with Crippen LogP contribution in [0.5, 0.6) is 5.75 Å². The minimum atomic E-state index is -0.672. The number of benzene rings is 1. The number of hydrogen-bond acceptors (Lipinski definition) is 4. The van der Waals surface area contributed by atoms with Crippen LogP contribution in [0.25, 0.3) is 0 Å². The molecule has 0 aliphatic heterocycles. The average Bonchev–Trinajstić information content (AvgIpc) is 2.25. The van der Waals surface area contributed by atoms with E-state index in [2.05, 4.69) is 5.16 Å². The van der Waals surface area contributed by atoms with E-state index in [-0.39, 0.29) is 18.1 Å². The van der Waals surface area contributed by atoms with Gasteiger partial charge in [-0.15, -0.1) is 0 Å². The summed E-state index contributed by atoms with van der Waals surface area (Å²) in [5.74, 6) is -1.09. The van der Waals surface area contributed by atoms with Crippen molar-refractivity contribution in [3.05, 3.63) is 29.6 Å². The molecule has 0 saturated carbocycles. The van der Waals surface area contributed by atoms with Gasteiger partial charge in [0, 0.05) is 11.6 Å². The molecule has 0 aliphatic carbocycles. The topological polar surface area (TPSA) is 84.9 Å². The maximum atomic E-state index is 12.9. The molecule has 0 aliphatic rings. The summed E-state index contributed by atoms with van der Waals surface area (Å²) in [4.78, 5) is 10.5. The molecule has 5 nitrogen and oxygen atoms in total. The number of nitrogens with two attached hydrogens (primary N) is 1. The van der Waals surface area contributed by atoms with E-state index >= 15 is 0 Å². The number of ether oxygens (including phenoxy) is 1. The van der Waals surface area contributed by atoms with E-state index < -0.39 is 11.7 Å². The van der Waals surface area contributed by atoms with Crippen molar-refractivity contribution in [3.8, 4) is 5.75 Å². The lowest BCUT2D eigenvalue weighted by Crippen LogP contribution is -2.20. The second-order valence-corrected chi connectivity index (χ2v) is 3.08. The predicted octanol–water partition coefficient (Wildman–Crippen LogP) is 0.888. The van der Waals surface area contributed by atoms with Gasteiger partial charge in [0.25, 0.3) is 5.91 Å². The van der Waals surface area contributed by atoms with Crippen molar-refractivity contribution in [2.75, 3.05) is 6.61 Å². The standard InChI is InChI=1S/C10H11FN2O3/c1-6(13-15)8-3-2-7(11)4-9(8)16-5-10(12)14/h2-4,15H,5H2,1H3,(H2,12,14). The summed E-state index contributed by atoms with van der Waals surface area (Å²) in [6, 6.07) is 3.68. The molecule has 1 aromatic carbocycles. The molecule has 1 aromatic rings. The Labute approximate surface area is 91.3 Å². The van der Waals surface area contributed by atoms with Gasteiger partial charge < -0.3 is 15.7 Å². The van der Waals surface area contributed by atoms with Crippen LogP contribution in [0.4, 0.5) is 4.39 Å². The van der Waals surface area contributed by atoms with Crippen LogP contribution in [0.3, 0.4) is 0 Å². The van der Waals surface area contributed by atoms with Crippen molar-refractivity contribution in [1.82, 2.24) is 0 Å². The number of hydrogen-bond donors (Lipinski definition) is 2. The summed E-state index contributed by atoms with van der Waals surface area (Å²) in [7, 11) is 0. The van der Waals surface area contributed by atoms with Gasteiger partial charge >= 0.3 is 0 Å². The third-order valence-electron chi connectivity index (χ3n) is 1.85. The van der Waals surface area contributed by atoms with Crippen molar-refractivity contribution in [2.45, 2.75) is 6.92 Å². The molecule has 86 valence electrons. The summed E-state index contributed by atoms with van der Waals surface area (Å²) in [5, 5.41) is 11.6. The highest BCUT2D eigenvalue weighted by Gasteiger charge is 2.09. The molecule has 0 unspecified atom stereocenters. The predicted molar refractivity (Wildman–Crippen MR) is 55.1 cm³/mol. The van der Waals surface area contributed by atoms with Gasteiger partial charge in [0.2, 0.25) is 0 Å². The largest absolute Gasteiger partial charge is 0.483 e. The van der Waals surface area contributed by atoms with Crippen LogP contribution in [-0.2, 0) is 4.79 Å². The average molecular weight is 226 g/mol. The number of amides is 1. The first-order chi connectivity index (χ1) is 7.54. The van der Waals surface area contributed by atoms with Crippen molar-refractivity contribution < 1.29 is 19.1 Å². The molecule has 1 amide bonds. The first-order valence-electron chi connectivity index (χ1n) is 4.44. The fraction of sp³-hybridized carbons (Fsp3) is 0.200. The number of carbonyl (C=O) groups excluding carboxylic acids is 1. The van der Waals surface area contributed by atoms with E-state index in [9.17, 15) is 9.18 Å². The summed E-state index contributed by atoms with van der Waals surface area (Å²) in [5.41, 5.74) is 5.54. The maximum absolute atomic E-state index is 12.9. The highest BCUT2D eigenvalue weighted by molar-refractivity contribution is 6.00. The molecule has 16 heavy (non-hydrogen) atoms. The molecule has 0 heterocycles. The van der Waals surface area contributed by atoms with E-state index in [1.165, 1.54) is 19.1 Å². The zero-order chi connectivity index (χ0) is 12.1. The second kappa shape index (κ2) is 5.11. The van der Waals surface area contributed by atoms with E-state index in [1.807, 2.05) is 0 Å². The summed E-state index contributed by atoms with van der Waals surface area (Å²) in [6.45, 7) is 1.15. The lowest BCUT2D eigenvalue weighted by atomic mass is 10.1. The van der Waals surface area contributed by atoms with Gasteiger partial charge in [-0.25, -0.2) is 4.39 Å². The van der Waals surface area contributed by atoms with Crippen LogP contribution in [0.15, 0.2) is 23.4 Å². The Bertz CT molecular complexity index is 432. The molecule has 0 bridgehead atoms. The van der Waals surface area contributed by atoms with Crippen LogP contribution in [0, 0.1) is 5.82 Å². The Kier molecular flexibility index (Phi) is 3.82. The third-order valence-corrected chi connectivity index (χ3v) is 1.85. The number of halogens is 1. The molecule has 0 atom stereocenters. The normalized spacial score (nSPS) is 11.2. The molecule has 3 N–H and O–H groups in total. The van der Waals surface area contributed by atoms with Gasteiger partial charge in [0.05, 0.1) is 5.71 Å². The van der Waals surface area contributed by atoms with Crippen LogP contribution in [-0.4, -0.2) is 23.4 Å². The summed E-state index contributed by atoms with van der Waals surface area (Å²) in [6.07, 6.45) is 0. The molecule has 0 spiro atoms. The highest BCUT2D eigenvalue weighted by atomic mass is 19.1. The van der Waals surface area contributed by atoms with Gasteiger partial charge in [-0.1, -0.05) is 5.16 Å². The molecular formula is C10H11FN2O3. The van der Waals surface area contributed by atoms with Gasteiger partial charge in [0.1, 0.15) is 11.6 Å². The molecule has 0 radical (unpaired) electrons. The molecule has 1 rings (SSSR count). The summed E-state index contributed by atoms with van der Waals surface area (Å²) < 4.78 is 17.9. The van der Waals surface area contributed by atoms with E-state index in [4.69, 9.17) is 15.7 Å². The number of nitrogens with zero attached hydrogens (tertiary/aromatic N) is 1. The smallest absolute Gasteiger partial charge is 0.255 e. The van der Waals surface area contributed by atoms with Gasteiger partial charge in [0.15, 0.2) is 6.61 Å². The van der Waals surface area contributed by atoms with E-state index in [1.54, 1.807) is 0 Å². The molecule has 0 aromatic heterocycles. The second-order valence-electron chi connectivity index (χ2n) is 3.08. The number of primary amides is 1. The Morgan fingerprint density at radius 1 is 1.62 bits per heavy atom. The number of oxime groups is 1. The Hall–Kier alpha value is -2.11. The third kappa shape index (κ3) is 2.94. The van der Waals surface area contributed by atoms with Crippen molar-refractivity contribution in [3.63, 3.8) is 0 Å². The van der Waals surface area contributed by atoms with E-state index in [0.29, 0.717) is 5.56 Å². The zero-order valence-electron chi connectivity index (χ0n) is 8.61. The van der Waals surface area contributed by atoms with E-state index in [0.717, 1.165) is 6.07 Å². The molecule has 0 fully saturated rings. The number of carbonyl (C=O) groups is 1. The first-order valence-corrected chi connectivity index (χ1v) is 4.44. The fourth-order valence-corrected chi connectivity index (χ4v) is 1.12. The van der Waals surface area contributed by atoms with Crippen molar-refractivity contribution >= 4 is 11.6 Å². The minimum absolute atomic E-state index is 0.106. The van der Waals surface area contributed by atoms with Gasteiger partial charge in [-0.05, 0) is 19.1 Å². The van der Waals surface area contributed by atoms with Crippen LogP contribution >= 0.6 is 0 Å². The summed E-state index contributed by atoms with van der Waals surface area (Å²) >= 11 is 0. The maximum Gasteiger partial charge on any atom is 0.255 e. The monoisotopic (exact) mass is 226 g/mol. The molecule has 6 heteroatoms. The van der Waals surface area contributed by atoms with Crippen molar-refractivity contribution in [1.29, 1.82) is 0 Å². The Morgan fingerprint density at radius 2 is 2.31 bits per heavy atom. The quantitative estimate of drug-likeness (QED) is 0.454. The number of rotatable bonds is 4. The van der Waals surface area contributed by atoms with Crippen LogP contribution < -0.4 is 10.5 Å². The molecular weight excluding hydrogens is 215 g/mol. The fourth-order valence-electron chi connectivity index (χ4n) is 1.12. The Morgan fingerprint density at radius 3 is 2.88 bits per heavy atom. The van der Waals surface area contributed by atoms with Crippen LogP contribution in [0.2, 0.25) is 0 Å². The minimum Gasteiger partial charge on any atom is -0.483 e. The Balaban J connectivity index is 3.03. The SMILES string of the molecule is CC(=NO)c1ccc(F)cc1OCC(N)=O. The van der Waals surface area contributed by atoms with Gasteiger partial charge in [-0.3, -0.25) is 4.79 Å². The molecule has 0 saturated heterocycles. The van der Waals surface area contributed by atoms with Crippen LogP contribution in [0.1, 0.15) is 12.5 Å². The van der Waals surface area contributed by atoms with Crippen molar-refractivity contribution in [2.24, 2.45) is 10.9 Å².